The van der Waals surface area contributed by atoms with E-state index >= 15 is 0 Å². The van der Waals surface area contributed by atoms with E-state index in [1.165, 1.54) is 5.56 Å². The van der Waals surface area contributed by atoms with E-state index in [0.29, 0.717) is 10.6 Å². The number of rotatable bonds is 2. The molecule has 1 heterocycles. The molecule has 0 fully saturated rings. The van der Waals surface area contributed by atoms with Crippen LogP contribution in [0.4, 0.5) is 5.69 Å². The van der Waals surface area contributed by atoms with E-state index in [0.717, 1.165) is 22.3 Å². The lowest BCUT2D eigenvalue weighted by molar-refractivity contribution is 0.102. The van der Waals surface area contributed by atoms with Crippen molar-refractivity contribution in [1.82, 2.24) is 4.98 Å². The molecule has 1 amide bonds. The second-order valence-electron chi connectivity index (χ2n) is 5.10. The van der Waals surface area contributed by atoms with Gasteiger partial charge in [0, 0.05) is 32.9 Å². The van der Waals surface area contributed by atoms with Crippen LogP contribution in [0.1, 0.15) is 21.6 Å². The molecular formula is C17H15ClN2O. The predicted molar refractivity (Wildman–Crippen MR) is 87.2 cm³/mol. The van der Waals surface area contributed by atoms with Crippen LogP contribution in [0.3, 0.4) is 0 Å². The van der Waals surface area contributed by atoms with Gasteiger partial charge in [0.05, 0.1) is 0 Å². The molecule has 0 spiro atoms. The van der Waals surface area contributed by atoms with Gasteiger partial charge in [-0.1, -0.05) is 11.6 Å². The Balaban J connectivity index is 1.90. The van der Waals surface area contributed by atoms with Crippen LogP contribution in [-0.2, 0) is 0 Å². The number of hydrogen-bond donors (Lipinski definition) is 2. The largest absolute Gasteiger partial charge is 0.358 e. The third kappa shape index (κ3) is 2.65. The summed E-state index contributed by atoms with van der Waals surface area (Å²) in [5, 5.41) is 4.59. The number of aromatic nitrogens is 1. The number of anilines is 1. The van der Waals surface area contributed by atoms with Crippen molar-refractivity contribution in [3.63, 3.8) is 0 Å². The lowest BCUT2D eigenvalue weighted by atomic mass is 10.1. The molecule has 2 aromatic carbocycles. The maximum Gasteiger partial charge on any atom is 0.255 e. The summed E-state index contributed by atoms with van der Waals surface area (Å²) in [6.07, 6.45) is 0. The predicted octanol–water partition coefficient (Wildman–Crippen LogP) is 4.69. The van der Waals surface area contributed by atoms with Gasteiger partial charge in [-0.25, -0.2) is 0 Å². The van der Waals surface area contributed by atoms with Gasteiger partial charge in [0.25, 0.3) is 5.91 Å². The molecule has 2 N–H and O–H groups in total. The molecule has 1 aromatic heterocycles. The fourth-order valence-electron chi connectivity index (χ4n) is 2.34. The molecule has 3 rings (SSSR count). The first kappa shape index (κ1) is 13.7. The van der Waals surface area contributed by atoms with Crippen LogP contribution in [0.5, 0.6) is 0 Å². The fraction of sp³-hybridized carbons (Fsp3) is 0.118. The zero-order chi connectivity index (χ0) is 15.0. The highest BCUT2D eigenvalue weighted by atomic mass is 35.5. The first-order valence-electron chi connectivity index (χ1n) is 6.70. The van der Waals surface area contributed by atoms with Crippen molar-refractivity contribution in [3.05, 3.63) is 64.3 Å². The van der Waals surface area contributed by atoms with E-state index in [9.17, 15) is 4.79 Å². The summed E-state index contributed by atoms with van der Waals surface area (Å²) in [5.41, 5.74) is 4.71. The van der Waals surface area contributed by atoms with Gasteiger partial charge in [-0.3, -0.25) is 4.79 Å². The minimum Gasteiger partial charge on any atom is -0.358 e. The van der Waals surface area contributed by atoms with Gasteiger partial charge in [0.1, 0.15) is 0 Å². The molecule has 0 aliphatic rings. The highest BCUT2D eigenvalue weighted by molar-refractivity contribution is 6.30. The minimum atomic E-state index is -0.127. The van der Waals surface area contributed by atoms with E-state index in [1.807, 2.05) is 25.1 Å². The third-order valence-corrected chi connectivity index (χ3v) is 3.92. The Morgan fingerprint density at radius 1 is 1.10 bits per heavy atom. The summed E-state index contributed by atoms with van der Waals surface area (Å²) >= 11 is 5.83. The van der Waals surface area contributed by atoms with Crippen LogP contribution < -0.4 is 5.32 Å². The van der Waals surface area contributed by atoms with Gasteiger partial charge in [-0.05, 0) is 61.9 Å². The summed E-state index contributed by atoms with van der Waals surface area (Å²) in [6.45, 7) is 4.08. The Hall–Kier alpha value is -2.26. The van der Waals surface area contributed by atoms with Crippen molar-refractivity contribution in [2.45, 2.75) is 13.8 Å². The number of carbonyl (C=O) groups excluding carboxylic acids is 1. The molecular weight excluding hydrogens is 284 g/mol. The van der Waals surface area contributed by atoms with E-state index in [1.54, 1.807) is 24.3 Å². The molecule has 3 aromatic rings. The molecule has 106 valence electrons. The van der Waals surface area contributed by atoms with Gasteiger partial charge < -0.3 is 10.3 Å². The Morgan fingerprint density at radius 2 is 1.81 bits per heavy atom. The van der Waals surface area contributed by atoms with E-state index in [-0.39, 0.29) is 5.91 Å². The molecule has 0 aliphatic carbocycles. The van der Waals surface area contributed by atoms with Crippen LogP contribution in [0.2, 0.25) is 5.02 Å². The van der Waals surface area contributed by atoms with Crippen molar-refractivity contribution in [2.24, 2.45) is 0 Å². The monoisotopic (exact) mass is 298 g/mol. The Bertz CT molecular complexity index is 819. The Labute approximate surface area is 127 Å². The number of hydrogen-bond acceptors (Lipinski definition) is 1. The number of H-pyrrole nitrogens is 1. The first-order valence-corrected chi connectivity index (χ1v) is 7.08. The second kappa shape index (κ2) is 5.26. The van der Waals surface area contributed by atoms with Crippen molar-refractivity contribution in [1.29, 1.82) is 0 Å². The summed E-state index contributed by atoms with van der Waals surface area (Å²) in [5.74, 6) is -0.127. The average molecular weight is 299 g/mol. The van der Waals surface area contributed by atoms with E-state index < -0.39 is 0 Å². The quantitative estimate of drug-likeness (QED) is 0.708. The minimum absolute atomic E-state index is 0.127. The van der Waals surface area contributed by atoms with E-state index in [4.69, 9.17) is 11.6 Å². The Kier molecular flexibility index (Phi) is 3.43. The molecule has 0 radical (unpaired) electrons. The summed E-state index contributed by atoms with van der Waals surface area (Å²) in [4.78, 5) is 15.6. The second-order valence-corrected chi connectivity index (χ2v) is 5.53. The molecule has 0 atom stereocenters. The molecule has 0 saturated carbocycles. The maximum absolute atomic E-state index is 12.3. The van der Waals surface area contributed by atoms with E-state index in [2.05, 4.69) is 17.2 Å². The maximum atomic E-state index is 12.3. The molecule has 0 bridgehead atoms. The topological polar surface area (TPSA) is 44.9 Å². The molecule has 3 nitrogen and oxygen atoms in total. The lowest BCUT2D eigenvalue weighted by Crippen LogP contribution is -2.11. The van der Waals surface area contributed by atoms with Crippen molar-refractivity contribution in [2.75, 3.05) is 5.32 Å². The van der Waals surface area contributed by atoms with Gasteiger partial charge >= 0.3 is 0 Å². The van der Waals surface area contributed by atoms with Gasteiger partial charge in [0.2, 0.25) is 0 Å². The van der Waals surface area contributed by atoms with Crippen LogP contribution in [0.25, 0.3) is 10.9 Å². The summed E-state index contributed by atoms with van der Waals surface area (Å²) in [7, 11) is 0. The molecule has 0 saturated heterocycles. The number of fused-ring (bicyclic) bond motifs is 1. The number of carbonyl (C=O) groups is 1. The van der Waals surface area contributed by atoms with Crippen molar-refractivity contribution in [3.8, 4) is 0 Å². The fourth-order valence-corrected chi connectivity index (χ4v) is 2.46. The number of nitrogens with one attached hydrogen (secondary N) is 2. The summed E-state index contributed by atoms with van der Waals surface area (Å²) < 4.78 is 0. The van der Waals surface area contributed by atoms with Crippen LogP contribution in [-0.4, -0.2) is 10.9 Å². The SMILES string of the molecule is Cc1[nH]c2ccc(C(=O)Nc3ccc(Cl)cc3)cc2c1C. The molecule has 4 heteroatoms. The molecule has 0 unspecified atom stereocenters. The van der Waals surface area contributed by atoms with Crippen LogP contribution in [0, 0.1) is 13.8 Å². The average Bonchev–Trinajstić information content (AvgIpc) is 2.76. The third-order valence-electron chi connectivity index (χ3n) is 3.67. The summed E-state index contributed by atoms with van der Waals surface area (Å²) in [6, 6.07) is 12.7. The first-order chi connectivity index (χ1) is 10.0. The zero-order valence-corrected chi connectivity index (χ0v) is 12.6. The molecule has 21 heavy (non-hydrogen) atoms. The smallest absolute Gasteiger partial charge is 0.255 e. The molecule has 0 aliphatic heterocycles. The number of benzene rings is 2. The van der Waals surface area contributed by atoms with Crippen LogP contribution >= 0.6 is 11.6 Å². The van der Waals surface area contributed by atoms with Gasteiger partial charge in [-0.2, -0.15) is 0 Å². The van der Waals surface area contributed by atoms with Crippen molar-refractivity contribution >= 4 is 34.1 Å². The zero-order valence-electron chi connectivity index (χ0n) is 11.8. The highest BCUT2D eigenvalue weighted by Crippen LogP contribution is 2.23. The number of amides is 1. The Morgan fingerprint density at radius 3 is 2.52 bits per heavy atom. The van der Waals surface area contributed by atoms with Gasteiger partial charge in [-0.15, -0.1) is 0 Å². The number of halogens is 1. The lowest BCUT2D eigenvalue weighted by Gasteiger charge is -2.05. The van der Waals surface area contributed by atoms with Gasteiger partial charge in [0.15, 0.2) is 0 Å². The number of aryl methyl sites for hydroxylation is 2. The number of aromatic amines is 1. The highest BCUT2D eigenvalue weighted by Gasteiger charge is 2.10. The van der Waals surface area contributed by atoms with Crippen molar-refractivity contribution < 1.29 is 4.79 Å². The normalized spacial score (nSPS) is 10.8. The van der Waals surface area contributed by atoms with Crippen LogP contribution in [0.15, 0.2) is 42.5 Å². The standard InChI is InChI=1S/C17H15ClN2O/c1-10-11(2)19-16-8-3-12(9-15(10)16)17(21)20-14-6-4-13(18)5-7-14/h3-9,19H,1-2H3,(H,20,21).